The number of carbonyl (C=O) groups excluding carboxylic acids is 1. The van der Waals surface area contributed by atoms with Gasteiger partial charge in [-0.15, -0.1) is 0 Å². The SMILES string of the molecule is C/C(=N/NC(=O)COc1c(Br)cc(Br)cc1Br)c1ccco1. The van der Waals surface area contributed by atoms with Crippen molar-refractivity contribution in [2.45, 2.75) is 6.92 Å². The molecule has 1 heterocycles. The molecule has 0 unspecified atom stereocenters. The summed E-state index contributed by atoms with van der Waals surface area (Å²) in [4.78, 5) is 11.8. The minimum absolute atomic E-state index is 0.159. The molecule has 8 heteroatoms. The maximum absolute atomic E-state index is 11.8. The molecule has 0 atom stereocenters. The molecule has 0 saturated carbocycles. The second-order valence-corrected chi connectivity index (χ2v) is 6.82. The quantitative estimate of drug-likeness (QED) is 0.492. The van der Waals surface area contributed by atoms with Crippen molar-refractivity contribution in [1.82, 2.24) is 5.43 Å². The van der Waals surface area contributed by atoms with Crippen LogP contribution in [0, 0.1) is 0 Å². The molecule has 0 bridgehead atoms. The standard InChI is InChI=1S/C14H11Br3N2O3/c1-8(12-3-2-4-21-12)18-19-13(20)7-22-14-10(16)5-9(15)6-11(14)17/h2-6H,7H2,1H3,(H,19,20)/b18-8-. The largest absolute Gasteiger partial charge is 0.481 e. The van der Waals surface area contributed by atoms with E-state index in [4.69, 9.17) is 9.15 Å². The van der Waals surface area contributed by atoms with Crippen molar-refractivity contribution in [3.05, 3.63) is 49.7 Å². The van der Waals surface area contributed by atoms with Gasteiger partial charge in [-0.1, -0.05) is 15.9 Å². The van der Waals surface area contributed by atoms with E-state index in [0.717, 1.165) is 13.4 Å². The Morgan fingerprint density at radius 2 is 2.00 bits per heavy atom. The number of benzene rings is 1. The van der Waals surface area contributed by atoms with Crippen molar-refractivity contribution in [3.8, 4) is 5.75 Å². The highest BCUT2D eigenvalue weighted by atomic mass is 79.9. The third kappa shape index (κ3) is 4.69. The van der Waals surface area contributed by atoms with Gasteiger partial charge in [0, 0.05) is 4.47 Å². The smallest absolute Gasteiger partial charge is 0.277 e. The predicted molar refractivity (Wildman–Crippen MR) is 94.1 cm³/mol. The van der Waals surface area contributed by atoms with Gasteiger partial charge in [0.05, 0.1) is 15.2 Å². The van der Waals surface area contributed by atoms with Gasteiger partial charge in [-0.25, -0.2) is 5.43 Å². The summed E-state index contributed by atoms with van der Waals surface area (Å²) in [6.07, 6.45) is 1.54. The molecule has 2 aromatic rings. The van der Waals surface area contributed by atoms with Crippen LogP contribution in [0.4, 0.5) is 0 Å². The summed E-state index contributed by atoms with van der Waals surface area (Å²) in [6.45, 7) is 1.58. The van der Waals surface area contributed by atoms with Gasteiger partial charge in [-0.05, 0) is 63.0 Å². The molecule has 0 aliphatic heterocycles. The van der Waals surface area contributed by atoms with Gasteiger partial charge in [0.1, 0.15) is 17.2 Å². The summed E-state index contributed by atoms with van der Waals surface area (Å²) < 4.78 is 13.0. The van der Waals surface area contributed by atoms with Crippen LogP contribution in [-0.2, 0) is 4.79 Å². The summed E-state index contributed by atoms with van der Waals surface area (Å²) >= 11 is 10.1. The zero-order chi connectivity index (χ0) is 16.1. The molecule has 116 valence electrons. The van der Waals surface area contributed by atoms with Gasteiger partial charge in [-0.3, -0.25) is 4.79 Å². The summed E-state index contributed by atoms with van der Waals surface area (Å²) in [7, 11) is 0. The van der Waals surface area contributed by atoms with Crippen LogP contribution >= 0.6 is 47.8 Å². The van der Waals surface area contributed by atoms with Crippen molar-refractivity contribution >= 4 is 59.4 Å². The highest BCUT2D eigenvalue weighted by Gasteiger charge is 2.10. The van der Waals surface area contributed by atoms with E-state index in [1.54, 1.807) is 25.3 Å². The van der Waals surface area contributed by atoms with Crippen LogP contribution in [-0.4, -0.2) is 18.2 Å². The van der Waals surface area contributed by atoms with Gasteiger partial charge in [0.25, 0.3) is 5.91 Å². The molecule has 0 spiro atoms. The fraction of sp³-hybridized carbons (Fsp3) is 0.143. The van der Waals surface area contributed by atoms with E-state index < -0.39 is 0 Å². The molecule has 0 fully saturated rings. The molecule has 1 aromatic carbocycles. The molecular weight excluding hydrogens is 484 g/mol. The molecule has 2 rings (SSSR count). The van der Waals surface area contributed by atoms with Crippen LogP contribution in [0.2, 0.25) is 0 Å². The molecule has 0 aliphatic carbocycles. The van der Waals surface area contributed by atoms with Crippen molar-refractivity contribution in [2.75, 3.05) is 6.61 Å². The average molecular weight is 495 g/mol. The summed E-state index contributed by atoms with van der Waals surface area (Å²) in [6, 6.07) is 7.17. The monoisotopic (exact) mass is 492 g/mol. The molecule has 1 N–H and O–H groups in total. The first kappa shape index (κ1) is 17.2. The molecule has 1 amide bonds. The number of nitrogens with zero attached hydrogens (tertiary/aromatic N) is 1. The lowest BCUT2D eigenvalue weighted by molar-refractivity contribution is -0.123. The Bertz CT molecular complexity index is 676. The van der Waals surface area contributed by atoms with Crippen molar-refractivity contribution in [3.63, 3.8) is 0 Å². The Hall–Kier alpha value is -1.12. The molecule has 22 heavy (non-hydrogen) atoms. The van der Waals surface area contributed by atoms with Gasteiger partial charge in [0.2, 0.25) is 0 Å². The molecule has 0 saturated heterocycles. The van der Waals surface area contributed by atoms with Crippen LogP contribution in [0.3, 0.4) is 0 Å². The fourth-order valence-corrected chi connectivity index (χ4v) is 4.01. The van der Waals surface area contributed by atoms with Gasteiger partial charge < -0.3 is 9.15 Å². The third-order valence-electron chi connectivity index (χ3n) is 2.54. The summed E-state index contributed by atoms with van der Waals surface area (Å²) in [5, 5.41) is 3.95. The van der Waals surface area contributed by atoms with E-state index in [-0.39, 0.29) is 12.5 Å². The molecule has 0 aliphatic rings. The highest BCUT2D eigenvalue weighted by Crippen LogP contribution is 2.36. The van der Waals surface area contributed by atoms with Crippen molar-refractivity contribution in [2.24, 2.45) is 5.10 Å². The van der Waals surface area contributed by atoms with E-state index in [0.29, 0.717) is 17.2 Å². The Labute approximate surface area is 152 Å². The van der Waals surface area contributed by atoms with Gasteiger partial charge in [-0.2, -0.15) is 5.10 Å². The lowest BCUT2D eigenvalue weighted by atomic mass is 10.3. The molecule has 5 nitrogen and oxygen atoms in total. The van der Waals surface area contributed by atoms with Crippen LogP contribution in [0.1, 0.15) is 12.7 Å². The number of hydrazone groups is 1. The number of furan rings is 1. The van der Waals surface area contributed by atoms with Gasteiger partial charge >= 0.3 is 0 Å². The van der Waals surface area contributed by atoms with E-state index in [1.807, 2.05) is 12.1 Å². The Kier molecular flexibility index (Phi) is 6.22. The number of amides is 1. The van der Waals surface area contributed by atoms with Gasteiger partial charge in [0.15, 0.2) is 6.61 Å². The van der Waals surface area contributed by atoms with E-state index in [9.17, 15) is 4.79 Å². The first-order chi connectivity index (χ1) is 10.5. The van der Waals surface area contributed by atoms with Crippen LogP contribution in [0.25, 0.3) is 0 Å². The number of hydrogen-bond donors (Lipinski definition) is 1. The Morgan fingerprint density at radius 3 is 2.59 bits per heavy atom. The fourth-order valence-electron chi connectivity index (χ4n) is 1.52. The lowest BCUT2D eigenvalue weighted by Gasteiger charge is -2.10. The maximum atomic E-state index is 11.8. The maximum Gasteiger partial charge on any atom is 0.277 e. The van der Waals surface area contributed by atoms with E-state index >= 15 is 0 Å². The predicted octanol–water partition coefficient (Wildman–Crippen LogP) is 4.49. The number of carbonyl (C=O) groups is 1. The van der Waals surface area contributed by atoms with Crippen LogP contribution in [0.5, 0.6) is 5.75 Å². The number of nitrogens with one attached hydrogen (secondary N) is 1. The number of rotatable bonds is 5. The van der Waals surface area contributed by atoms with Crippen molar-refractivity contribution in [1.29, 1.82) is 0 Å². The normalized spacial score (nSPS) is 11.4. The highest BCUT2D eigenvalue weighted by molar-refractivity contribution is 9.11. The van der Waals surface area contributed by atoms with Crippen LogP contribution in [0.15, 0.2) is 53.5 Å². The minimum Gasteiger partial charge on any atom is -0.481 e. The Morgan fingerprint density at radius 1 is 1.32 bits per heavy atom. The second kappa shape index (κ2) is 7.94. The van der Waals surface area contributed by atoms with Crippen molar-refractivity contribution < 1.29 is 13.9 Å². The molecule has 1 aromatic heterocycles. The first-order valence-corrected chi connectivity index (χ1v) is 8.49. The number of ether oxygens (including phenoxy) is 1. The second-order valence-electron chi connectivity index (χ2n) is 4.20. The minimum atomic E-state index is -0.368. The summed E-state index contributed by atoms with van der Waals surface area (Å²) in [5.41, 5.74) is 2.99. The Balaban J connectivity index is 1.92. The van der Waals surface area contributed by atoms with E-state index in [2.05, 4.69) is 58.3 Å². The summed E-state index contributed by atoms with van der Waals surface area (Å²) in [5.74, 6) is 0.775. The first-order valence-electron chi connectivity index (χ1n) is 6.11. The average Bonchev–Trinajstić information content (AvgIpc) is 2.97. The number of halogens is 3. The zero-order valence-corrected chi connectivity index (χ0v) is 16.2. The molecular formula is C14H11Br3N2O3. The number of hydrogen-bond acceptors (Lipinski definition) is 4. The lowest BCUT2D eigenvalue weighted by Crippen LogP contribution is -2.25. The topological polar surface area (TPSA) is 63.8 Å². The molecule has 0 radical (unpaired) electrons. The zero-order valence-electron chi connectivity index (χ0n) is 11.4. The van der Waals surface area contributed by atoms with E-state index in [1.165, 1.54) is 0 Å². The van der Waals surface area contributed by atoms with Crippen LogP contribution < -0.4 is 10.2 Å². The third-order valence-corrected chi connectivity index (χ3v) is 4.17.